The summed E-state index contributed by atoms with van der Waals surface area (Å²) in [5.41, 5.74) is 2.82. The van der Waals surface area contributed by atoms with Gasteiger partial charge in [0.2, 0.25) is 5.95 Å². The number of rotatable bonds is 2. The number of carbonyl (C=O) groups excluding carboxylic acids is 1. The fourth-order valence-electron chi connectivity index (χ4n) is 3.86. The van der Waals surface area contributed by atoms with Gasteiger partial charge in [-0.1, -0.05) is 34.1 Å². The normalized spacial score (nSPS) is 22.0. The number of allylic oxidation sites excluding steroid dienone is 2. The maximum atomic E-state index is 13.2. The molecule has 130 valence electrons. The van der Waals surface area contributed by atoms with E-state index in [1.807, 2.05) is 35.0 Å². The number of benzene rings is 1. The molecule has 0 spiro atoms. The molecule has 3 aromatic rings. The smallest absolute Gasteiger partial charge is 0.226 e. The van der Waals surface area contributed by atoms with Crippen LogP contribution in [0.3, 0.4) is 0 Å². The van der Waals surface area contributed by atoms with Crippen molar-refractivity contribution in [2.24, 2.45) is 0 Å². The molecule has 3 heterocycles. The van der Waals surface area contributed by atoms with Gasteiger partial charge in [-0.3, -0.25) is 4.79 Å². The Morgan fingerprint density at radius 1 is 1.23 bits per heavy atom. The lowest BCUT2D eigenvalue weighted by Crippen LogP contribution is -2.33. The van der Waals surface area contributed by atoms with Crippen LogP contribution in [0.15, 0.2) is 63.8 Å². The molecule has 0 amide bonds. The second-order valence-corrected chi connectivity index (χ2v) is 8.44. The van der Waals surface area contributed by atoms with Crippen molar-refractivity contribution >= 4 is 39.0 Å². The van der Waals surface area contributed by atoms with Gasteiger partial charge in [0.1, 0.15) is 12.4 Å². The molecular formula is C19H15BrN4OS. The van der Waals surface area contributed by atoms with Gasteiger partial charge in [-0.25, -0.2) is 4.68 Å². The fraction of sp³-hybridized carbons (Fsp3) is 0.211. The maximum Gasteiger partial charge on any atom is 0.226 e. The lowest BCUT2D eigenvalue weighted by atomic mass is 9.80. The van der Waals surface area contributed by atoms with Gasteiger partial charge in [-0.15, -0.1) is 11.3 Å². The number of hydrogen-bond donors (Lipinski definition) is 1. The Labute approximate surface area is 162 Å². The van der Waals surface area contributed by atoms with Gasteiger partial charge in [0.15, 0.2) is 5.78 Å². The van der Waals surface area contributed by atoms with Crippen LogP contribution in [0.25, 0.3) is 0 Å². The zero-order chi connectivity index (χ0) is 17.7. The van der Waals surface area contributed by atoms with E-state index in [0.29, 0.717) is 12.4 Å². The van der Waals surface area contributed by atoms with E-state index in [0.717, 1.165) is 27.7 Å². The summed E-state index contributed by atoms with van der Waals surface area (Å²) in [5.74, 6) is 1.10. The van der Waals surface area contributed by atoms with Crippen molar-refractivity contribution in [1.29, 1.82) is 0 Å². The van der Waals surface area contributed by atoms with E-state index >= 15 is 0 Å². The third kappa shape index (κ3) is 2.54. The number of halogens is 1. The highest BCUT2D eigenvalue weighted by Crippen LogP contribution is 2.44. The highest BCUT2D eigenvalue weighted by molar-refractivity contribution is 9.10. The van der Waals surface area contributed by atoms with Crippen molar-refractivity contribution in [3.63, 3.8) is 0 Å². The summed E-state index contributed by atoms with van der Waals surface area (Å²) in [6, 6.07) is 12.0. The number of anilines is 1. The van der Waals surface area contributed by atoms with Crippen molar-refractivity contribution in [1.82, 2.24) is 14.8 Å². The summed E-state index contributed by atoms with van der Waals surface area (Å²) in [6.45, 7) is 0. The van der Waals surface area contributed by atoms with Crippen LogP contribution in [-0.2, 0) is 4.79 Å². The van der Waals surface area contributed by atoms with E-state index in [-0.39, 0.29) is 17.7 Å². The second kappa shape index (κ2) is 6.17. The van der Waals surface area contributed by atoms with Crippen LogP contribution < -0.4 is 5.32 Å². The van der Waals surface area contributed by atoms with Crippen molar-refractivity contribution in [2.75, 3.05) is 5.32 Å². The van der Waals surface area contributed by atoms with Crippen molar-refractivity contribution in [2.45, 2.75) is 24.8 Å². The van der Waals surface area contributed by atoms with Crippen LogP contribution in [0.4, 0.5) is 5.95 Å². The summed E-state index contributed by atoms with van der Waals surface area (Å²) < 4.78 is 2.79. The maximum absolute atomic E-state index is 13.2. The average molecular weight is 427 g/mol. The minimum absolute atomic E-state index is 0.184. The molecule has 0 bridgehead atoms. The number of Topliss-reactive ketones (excluding diaryl/α,β-unsaturated/α-hetero) is 1. The van der Waals surface area contributed by atoms with E-state index in [1.54, 1.807) is 11.3 Å². The molecule has 0 saturated carbocycles. The number of hydrogen-bond acceptors (Lipinski definition) is 5. The number of carbonyl (C=O) groups is 1. The summed E-state index contributed by atoms with van der Waals surface area (Å²) in [6.07, 6.45) is 2.89. The quantitative estimate of drug-likeness (QED) is 0.654. The first-order chi connectivity index (χ1) is 12.7. The zero-order valence-corrected chi connectivity index (χ0v) is 16.1. The van der Waals surface area contributed by atoms with Gasteiger partial charge < -0.3 is 5.32 Å². The van der Waals surface area contributed by atoms with Crippen molar-refractivity contribution in [3.8, 4) is 0 Å². The minimum atomic E-state index is -0.238. The number of fused-ring (bicyclic) bond motifs is 1. The monoisotopic (exact) mass is 426 g/mol. The number of thiophene rings is 1. The molecule has 1 aromatic carbocycles. The third-order valence-corrected chi connectivity index (χ3v) is 6.50. The Morgan fingerprint density at radius 2 is 2.15 bits per heavy atom. The number of aromatic nitrogens is 3. The highest BCUT2D eigenvalue weighted by atomic mass is 79.9. The minimum Gasteiger partial charge on any atom is -0.328 e. The molecule has 1 aliphatic carbocycles. The Balaban J connectivity index is 1.63. The molecule has 5 nitrogen and oxygen atoms in total. The van der Waals surface area contributed by atoms with Gasteiger partial charge in [0.05, 0.1) is 0 Å². The molecule has 2 aliphatic rings. The molecular weight excluding hydrogens is 412 g/mol. The molecule has 7 heteroatoms. The van der Waals surface area contributed by atoms with Crippen LogP contribution in [0.1, 0.15) is 35.2 Å². The molecule has 0 saturated heterocycles. The summed E-state index contributed by atoms with van der Waals surface area (Å²) >= 11 is 5.25. The molecule has 1 aliphatic heterocycles. The standard InChI is InChI=1S/C19H15BrN4OS/c20-13-4-1-3-11(7-13)18-17-14(23-19-21-10-22-24(18)19)8-12(9-15(17)25)16-5-2-6-26-16/h1-7,10,12,18H,8-9H2,(H,21,22,23). The van der Waals surface area contributed by atoms with Gasteiger partial charge in [-0.2, -0.15) is 10.1 Å². The second-order valence-electron chi connectivity index (χ2n) is 6.55. The summed E-state index contributed by atoms with van der Waals surface area (Å²) in [5, 5.41) is 9.81. The first-order valence-electron chi connectivity index (χ1n) is 8.42. The lowest BCUT2D eigenvalue weighted by molar-refractivity contribution is -0.116. The molecule has 2 atom stereocenters. The lowest BCUT2D eigenvalue weighted by Gasteiger charge is -2.34. The third-order valence-electron chi connectivity index (χ3n) is 4.97. The Bertz CT molecular complexity index is 1020. The van der Waals surface area contributed by atoms with Gasteiger partial charge in [-0.05, 0) is 35.6 Å². The number of nitrogens with one attached hydrogen (secondary N) is 1. The Morgan fingerprint density at radius 3 is 2.96 bits per heavy atom. The van der Waals surface area contributed by atoms with Crippen molar-refractivity contribution in [3.05, 3.63) is 74.3 Å². The van der Waals surface area contributed by atoms with Crippen LogP contribution >= 0.6 is 27.3 Å². The van der Waals surface area contributed by atoms with E-state index in [2.05, 4.69) is 42.8 Å². The fourth-order valence-corrected chi connectivity index (χ4v) is 5.11. The predicted molar refractivity (Wildman–Crippen MR) is 104 cm³/mol. The molecule has 0 fully saturated rings. The SMILES string of the molecule is O=C1CC(c2cccs2)CC2=C1C(c1cccc(Br)c1)n1ncnc1N2. The zero-order valence-electron chi connectivity index (χ0n) is 13.7. The largest absolute Gasteiger partial charge is 0.328 e. The molecule has 2 aromatic heterocycles. The van der Waals surface area contributed by atoms with E-state index < -0.39 is 0 Å². The summed E-state index contributed by atoms with van der Waals surface area (Å²) in [7, 11) is 0. The molecule has 26 heavy (non-hydrogen) atoms. The van der Waals surface area contributed by atoms with E-state index in [9.17, 15) is 4.79 Å². The van der Waals surface area contributed by atoms with Crippen LogP contribution in [0, 0.1) is 0 Å². The molecule has 1 N–H and O–H groups in total. The molecule has 0 radical (unpaired) electrons. The van der Waals surface area contributed by atoms with Gasteiger partial charge >= 0.3 is 0 Å². The molecule has 5 rings (SSSR count). The number of nitrogens with zero attached hydrogens (tertiary/aromatic N) is 3. The van der Waals surface area contributed by atoms with Crippen LogP contribution in [0.2, 0.25) is 0 Å². The Kier molecular flexibility index (Phi) is 3.79. The average Bonchev–Trinajstić information content (AvgIpc) is 3.31. The van der Waals surface area contributed by atoms with Crippen molar-refractivity contribution < 1.29 is 4.79 Å². The van der Waals surface area contributed by atoms with E-state index in [4.69, 9.17) is 0 Å². The highest BCUT2D eigenvalue weighted by Gasteiger charge is 2.39. The van der Waals surface area contributed by atoms with Gasteiger partial charge in [0, 0.05) is 33.0 Å². The first kappa shape index (κ1) is 16.0. The molecule has 2 unspecified atom stereocenters. The topological polar surface area (TPSA) is 59.8 Å². The van der Waals surface area contributed by atoms with Gasteiger partial charge in [0.25, 0.3) is 0 Å². The summed E-state index contributed by atoms with van der Waals surface area (Å²) in [4.78, 5) is 18.8. The van der Waals surface area contributed by atoms with Crippen LogP contribution in [0.5, 0.6) is 0 Å². The number of ketones is 1. The first-order valence-corrected chi connectivity index (χ1v) is 10.1. The van der Waals surface area contributed by atoms with E-state index in [1.165, 1.54) is 11.2 Å². The Hall–Kier alpha value is -2.25. The van der Waals surface area contributed by atoms with Crippen LogP contribution in [-0.4, -0.2) is 20.5 Å². The predicted octanol–water partition coefficient (Wildman–Crippen LogP) is 4.52.